The van der Waals surface area contributed by atoms with Crippen molar-refractivity contribution in [1.82, 2.24) is 29.8 Å². The number of nitrogens with one attached hydrogen (secondary N) is 1. The topological polar surface area (TPSA) is 95.1 Å². The summed E-state index contributed by atoms with van der Waals surface area (Å²) in [5.41, 5.74) is 4.23. The summed E-state index contributed by atoms with van der Waals surface area (Å²) in [6.07, 6.45) is -0.325. The van der Waals surface area contributed by atoms with Gasteiger partial charge in [0.15, 0.2) is 0 Å². The van der Waals surface area contributed by atoms with Gasteiger partial charge in [0, 0.05) is 120 Å². The predicted octanol–water partition coefficient (Wildman–Crippen LogP) is 5.56. The Morgan fingerprint density at radius 2 is 1.05 bits per heavy atom. The lowest BCUT2D eigenvalue weighted by Crippen LogP contribution is -2.58. The molecule has 4 aliphatic heterocycles. The van der Waals surface area contributed by atoms with Crippen molar-refractivity contribution in [3.63, 3.8) is 0 Å². The van der Waals surface area contributed by atoms with Crippen LogP contribution in [0.4, 0.5) is 16.2 Å². The minimum absolute atomic E-state index is 0.0563. The van der Waals surface area contributed by atoms with Crippen LogP contribution >= 0.6 is 0 Å². The van der Waals surface area contributed by atoms with Gasteiger partial charge in [0.05, 0.1) is 6.04 Å². The fourth-order valence-electron chi connectivity index (χ4n) is 8.10. The van der Waals surface area contributed by atoms with E-state index in [0.29, 0.717) is 13.1 Å². The molecule has 3 amide bonds. The van der Waals surface area contributed by atoms with Gasteiger partial charge in [0.1, 0.15) is 5.60 Å². The first kappa shape index (κ1) is 44.2. The molecule has 0 spiro atoms. The summed E-state index contributed by atoms with van der Waals surface area (Å²) in [6.45, 7) is 28.7. The van der Waals surface area contributed by atoms with Crippen LogP contribution in [0.25, 0.3) is 0 Å². The second-order valence-electron chi connectivity index (χ2n) is 18.4. The third-order valence-corrected chi connectivity index (χ3v) is 11.8. The first-order valence-corrected chi connectivity index (χ1v) is 21.3. The number of hydrogen-bond acceptors (Lipinski definition) is 9. The lowest BCUT2D eigenvalue weighted by Gasteiger charge is -2.46. The number of carbonyl (C=O) groups excluding carboxylic acids is 3. The Labute approximate surface area is 343 Å². The summed E-state index contributed by atoms with van der Waals surface area (Å²) in [4.78, 5) is 53.7. The maximum atomic E-state index is 13.1. The second-order valence-corrected chi connectivity index (χ2v) is 18.4. The SMILES string of the molecule is CC(C)C(=O)N1C[C@H](c2ccc(N3CCN(C)CC3)cc2)N(C(=O)OC(C)(C)C)C[C@H]1C.CC(C)C(=O)N1C[C@H](c2ccc(N3CCN(C)CC3)cc2)NC[C@H]1C. The Balaban J connectivity index is 0.000000224. The van der Waals surface area contributed by atoms with Crippen molar-refractivity contribution in [2.45, 2.75) is 92.1 Å². The molecule has 316 valence electrons. The van der Waals surface area contributed by atoms with Crippen molar-refractivity contribution in [2.75, 3.05) is 102 Å². The zero-order valence-electron chi connectivity index (χ0n) is 36.8. The molecule has 0 aliphatic carbocycles. The molecule has 0 radical (unpaired) electrons. The van der Waals surface area contributed by atoms with Gasteiger partial charge in [-0.2, -0.15) is 0 Å². The Morgan fingerprint density at radius 1 is 0.614 bits per heavy atom. The summed E-state index contributed by atoms with van der Waals surface area (Å²) in [6, 6.07) is 17.6. The zero-order valence-corrected chi connectivity index (χ0v) is 36.8. The molecular formula is C45H72N8O4. The highest BCUT2D eigenvalue weighted by Gasteiger charge is 2.40. The van der Waals surface area contributed by atoms with Gasteiger partial charge >= 0.3 is 6.09 Å². The van der Waals surface area contributed by atoms with Gasteiger partial charge < -0.3 is 39.5 Å². The summed E-state index contributed by atoms with van der Waals surface area (Å²) in [7, 11) is 4.33. The molecule has 0 aromatic heterocycles. The third-order valence-electron chi connectivity index (χ3n) is 11.8. The van der Waals surface area contributed by atoms with Crippen molar-refractivity contribution >= 4 is 29.3 Å². The van der Waals surface area contributed by atoms with Gasteiger partial charge in [-0.05, 0) is 84.1 Å². The van der Waals surface area contributed by atoms with Gasteiger partial charge in [-0.15, -0.1) is 0 Å². The average Bonchev–Trinajstić information content (AvgIpc) is 3.18. The number of ether oxygens (including phenoxy) is 1. The van der Waals surface area contributed by atoms with E-state index in [4.69, 9.17) is 4.74 Å². The maximum absolute atomic E-state index is 13.1. The molecule has 6 rings (SSSR count). The Kier molecular flexibility index (Phi) is 14.9. The van der Waals surface area contributed by atoms with Crippen LogP contribution in [0.2, 0.25) is 0 Å². The van der Waals surface area contributed by atoms with Crippen LogP contribution in [0.1, 0.15) is 85.5 Å². The molecule has 0 unspecified atom stereocenters. The van der Waals surface area contributed by atoms with Crippen LogP contribution in [0.3, 0.4) is 0 Å². The Bertz CT molecular complexity index is 1610. The molecule has 4 saturated heterocycles. The van der Waals surface area contributed by atoms with E-state index in [1.165, 1.54) is 16.9 Å². The molecule has 2 aromatic rings. The van der Waals surface area contributed by atoms with Gasteiger partial charge in [0.25, 0.3) is 0 Å². The summed E-state index contributed by atoms with van der Waals surface area (Å²) in [5.74, 6) is 0.361. The highest BCUT2D eigenvalue weighted by molar-refractivity contribution is 5.79. The summed E-state index contributed by atoms with van der Waals surface area (Å²) < 4.78 is 5.72. The van der Waals surface area contributed by atoms with E-state index < -0.39 is 5.60 Å². The molecule has 12 nitrogen and oxygen atoms in total. The Hall–Kier alpha value is -3.87. The number of benzene rings is 2. The predicted molar refractivity (Wildman–Crippen MR) is 231 cm³/mol. The number of amides is 3. The molecule has 2 aromatic carbocycles. The van der Waals surface area contributed by atoms with Crippen LogP contribution in [-0.4, -0.2) is 153 Å². The summed E-state index contributed by atoms with van der Waals surface area (Å²) in [5, 5.41) is 3.60. The van der Waals surface area contributed by atoms with E-state index in [1.807, 2.05) is 65.2 Å². The largest absolute Gasteiger partial charge is 0.444 e. The standard InChI is InChI=1S/C25H40N4O3.C20H32N4O/c1-18(2)23(30)28-17-22(29(16-19(28)3)24(31)32-25(4,5)6)20-8-10-21(11-9-20)27-14-12-26(7)13-15-27;1-15(2)20(25)24-14-19(21-13-16(24)3)17-5-7-18(8-6-17)23-11-9-22(4)10-12-23/h8-11,18-19,22H,12-17H2,1-7H3;5-8,15-16,19,21H,9-14H2,1-4H3/t19-,22-;16-,19-/m11/s1. The quantitative estimate of drug-likeness (QED) is 0.404. The first-order valence-electron chi connectivity index (χ1n) is 21.3. The van der Waals surface area contributed by atoms with Crippen molar-refractivity contribution in [1.29, 1.82) is 0 Å². The van der Waals surface area contributed by atoms with Crippen molar-refractivity contribution in [2.24, 2.45) is 11.8 Å². The minimum atomic E-state index is -0.568. The van der Waals surface area contributed by atoms with E-state index >= 15 is 0 Å². The highest BCUT2D eigenvalue weighted by Crippen LogP contribution is 2.32. The lowest BCUT2D eigenvalue weighted by atomic mass is 9.98. The van der Waals surface area contributed by atoms with E-state index in [9.17, 15) is 14.4 Å². The smallest absolute Gasteiger partial charge is 0.410 e. The van der Waals surface area contributed by atoms with Crippen LogP contribution in [0.5, 0.6) is 0 Å². The first-order chi connectivity index (χ1) is 26.9. The molecule has 57 heavy (non-hydrogen) atoms. The molecule has 12 heteroatoms. The molecule has 0 bridgehead atoms. The number of rotatable bonds is 6. The van der Waals surface area contributed by atoms with Crippen LogP contribution in [0.15, 0.2) is 48.5 Å². The van der Waals surface area contributed by atoms with E-state index in [-0.39, 0.29) is 53.9 Å². The monoisotopic (exact) mass is 789 g/mol. The second kappa shape index (κ2) is 19.3. The molecule has 0 saturated carbocycles. The Morgan fingerprint density at radius 3 is 1.49 bits per heavy atom. The number of likely N-dealkylation sites (N-methyl/N-ethyl adjacent to an activating group) is 2. The van der Waals surface area contributed by atoms with Crippen LogP contribution in [0, 0.1) is 11.8 Å². The number of carbonyl (C=O) groups is 3. The van der Waals surface area contributed by atoms with E-state index in [2.05, 4.69) is 94.5 Å². The number of nitrogens with zero attached hydrogens (tertiary/aromatic N) is 7. The van der Waals surface area contributed by atoms with Gasteiger partial charge in [0.2, 0.25) is 11.8 Å². The van der Waals surface area contributed by atoms with Crippen LogP contribution in [-0.2, 0) is 14.3 Å². The zero-order chi connectivity index (χ0) is 41.6. The van der Waals surface area contributed by atoms with Gasteiger partial charge in [-0.3, -0.25) is 14.5 Å². The minimum Gasteiger partial charge on any atom is -0.444 e. The maximum Gasteiger partial charge on any atom is 0.410 e. The number of hydrogen-bond donors (Lipinski definition) is 1. The lowest BCUT2D eigenvalue weighted by molar-refractivity contribution is -0.141. The molecule has 4 heterocycles. The fourth-order valence-corrected chi connectivity index (χ4v) is 8.10. The number of piperazine rings is 4. The van der Waals surface area contributed by atoms with E-state index in [0.717, 1.165) is 71.0 Å². The third kappa shape index (κ3) is 11.6. The highest BCUT2D eigenvalue weighted by atomic mass is 16.6. The van der Waals surface area contributed by atoms with Crippen molar-refractivity contribution in [3.05, 3.63) is 59.7 Å². The normalized spacial score (nSPS) is 24.1. The van der Waals surface area contributed by atoms with E-state index in [1.54, 1.807) is 4.90 Å². The molecule has 4 atom stereocenters. The van der Waals surface area contributed by atoms with Crippen molar-refractivity contribution in [3.8, 4) is 0 Å². The molecule has 4 fully saturated rings. The molecule has 1 N–H and O–H groups in total. The summed E-state index contributed by atoms with van der Waals surface area (Å²) >= 11 is 0. The molecular weight excluding hydrogens is 717 g/mol. The fraction of sp³-hybridized carbons (Fsp3) is 0.667. The van der Waals surface area contributed by atoms with Gasteiger partial charge in [-0.25, -0.2) is 4.79 Å². The number of anilines is 2. The van der Waals surface area contributed by atoms with Crippen molar-refractivity contribution < 1.29 is 19.1 Å². The average molecular weight is 789 g/mol. The van der Waals surface area contributed by atoms with Crippen LogP contribution < -0.4 is 15.1 Å². The van der Waals surface area contributed by atoms with Gasteiger partial charge in [-0.1, -0.05) is 52.0 Å². The molecule has 4 aliphatic rings.